The molecule has 2 rings (SSSR count). The molecule has 0 atom stereocenters. The highest BCUT2D eigenvalue weighted by atomic mass is 16.5. The maximum atomic E-state index is 12.1. The Morgan fingerprint density at radius 1 is 1.15 bits per heavy atom. The van der Waals surface area contributed by atoms with Crippen LogP contribution in [0.3, 0.4) is 0 Å². The number of ether oxygens (including phenoxy) is 2. The largest absolute Gasteiger partial charge is 0.497 e. The number of pyridine rings is 1. The number of rotatable bonds is 8. The van der Waals surface area contributed by atoms with Gasteiger partial charge >= 0.3 is 0 Å². The number of anilines is 1. The van der Waals surface area contributed by atoms with Crippen molar-refractivity contribution in [1.29, 1.82) is 0 Å². The summed E-state index contributed by atoms with van der Waals surface area (Å²) in [7, 11) is 3.08. The molecule has 7 nitrogen and oxygen atoms in total. The molecule has 0 radical (unpaired) electrons. The van der Waals surface area contributed by atoms with Crippen molar-refractivity contribution in [3.05, 3.63) is 48.3 Å². The number of carbonyl (C=O) groups is 2. The summed E-state index contributed by atoms with van der Waals surface area (Å²) in [6, 6.07) is 10.7. The topological polar surface area (TPSA) is 80.8 Å². The Hall–Kier alpha value is -3.09. The number of hydrogen-bond donors (Lipinski definition) is 1. The van der Waals surface area contributed by atoms with Crippen LogP contribution in [0.15, 0.2) is 42.6 Å². The zero-order valence-corrected chi connectivity index (χ0v) is 15.2. The molecule has 0 fully saturated rings. The summed E-state index contributed by atoms with van der Waals surface area (Å²) in [5.41, 5.74) is 1.34. The lowest BCUT2D eigenvalue weighted by Gasteiger charge is -2.23. The van der Waals surface area contributed by atoms with Gasteiger partial charge in [0.1, 0.15) is 11.5 Å². The van der Waals surface area contributed by atoms with Crippen LogP contribution in [0.4, 0.5) is 5.69 Å². The summed E-state index contributed by atoms with van der Waals surface area (Å²) in [4.78, 5) is 29.9. The number of aromatic nitrogens is 1. The molecule has 1 aromatic heterocycles. The highest BCUT2D eigenvalue weighted by Gasteiger charge is 2.18. The Bertz CT molecular complexity index is 750. The van der Waals surface area contributed by atoms with E-state index >= 15 is 0 Å². The van der Waals surface area contributed by atoms with Crippen molar-refractivity contribution in [2.24, 2.45) is 0 Å². The van der Waals surface area contributed by atoms with E-state index in [1.165, 1.54) is 18.9 Å². The first-order chi connectivity index (χ1) is 12.5. The predicted octanol–water partition coefficient (Wildman–Crippen LogP) is 2.16. The molecular weight excluding hydrogens is 334 g/mol. The molecule has 7 heteroatoms. The summed E-state index contributed by atoms with van der Waals surface area (Å²) in [6.07, 6.45) is 1.83. The number of methoxy groups -OCH3 is 2. The van der Waals surface area contributed by atoms with Gasteiger partial charge in [0.05, 0.1) is 32.1 Å². The Balaban J connectivity index is 2.02. The second-order valence-corrected chi connectivity index (χ2v) is 5.56. The molecule has 0 aliphatic heterocycles. The summed E-state index contributed by atoms with van der Waals surface area (Å²) >= 11 is 0. The number of nitrogens with one attached hydrogen (secondary N) is 1. The number of carbonyl (C=O) groups excluding carboxylic acids is 2. The van der Waals surface area contributed by atoms with Crippen LogP contribution in [0.1, 0.15) is 19.0 Å². The highest BCUT2D eigenvalue weighted by Crippen LogP contribution is 2.32. The average molecular weight is 357 g/mol. The van der Waals surface area contributed by atoms with E-state index in [9.17, 15) is 9.59 Å². The lowest BCUT2D eigenvalue weighted by Crippen LogP contribution is -2.34. The fourth-order valence-electron chi connectivity index (χ4n) is 2.45. The lowest BCUT2D eigenvalue weighted by atomic mass is 10.2. The Morgan fingerprint density at radius 3 is 2.58 bits per heavy atom. The number of nitrogens with zero attached hydrogens (tertiary/aromatic N) is 2. The molecule has 1 N–H and O–H groups in total. The van der Waals surface area contributed by atoms with Gasteiger partial charge in [0.2, 0.25) is 11.8 Å². The van der Waals surface area contributed by atoms with E-state index in [1.807, 2.05) is 18.2 Å². The van der Waals surface area contributed by atoms with E-state index in [1.54, 1.807) is 31.5 Å². The standard InChI is InChI=1S/C19H23N3O4/c1-14(23)22(17-12-16(25-2)7-8-18(17)26-3)11-9-19(24)21-13-15-6-4-5-10-20-15/h4-8,10,12H,9,11,13H2,1-3H3,(H,21,24). The van der Waals surface area contributed by atoms with Gasteiger partial charge in [-0.2, -0.15) is 0 Å². The third kappa shape index (κ3) is 5.20. The molecule has 0 aliphatic carbocycles. The van der Waals surface area contributed by atoms with E-state index in [-0.39, 0.29) is 24.8 Å². The number of hydrogen-bond acceptors (Lipinski definition) is 5. The zero-order valence-electron chi connectivity index (χ0n) is 15.2. The van der Waals surface area contributed by atoms with Crippen LogP contribution in [-0.4, -0.2) is 37.6 Å². The Kier molecular flexibility index (Phi) is 6.96. The van der Waals surface area contributed by atoms with Crippen LogP contribution in [0, 0.1) is 0 Å². The summed E-state index contributed by atoms with van der Waals surface area (Å²) < 4.78 is 10.5. The number of amides is 2. The predicted molar refractivity (Wildman–Crippen MR) is 98.3 cm³/mol. The quantitative estimate of drug-likeness (QED) is 0.783. The highest BCUT2D eigenvalue weighted by molar-refractivity contribution is 5.94. The van der Waals surface area contributed by atoms with E-state index in [2.05, 4.69) is 10.3 Å². The molecule has 0 spiro atoms. The van der Waals surface area contributed by atoms with Crippen molar-refractivity contribution in [2.45, 2.75) is 19.9 Å². The van der Waals surface area contributed by atoms with Crippen LogP contribution in [-0.2, 0) is 16.1 Å². The minimum Gasteiger partial charge on any atom is -0.497 e. The minimum atomic E-state index is -0.186. The van der Waals surface area contributed by atoms with Crippen LogP contribution in [0.25, 0.3) is 0 Å². The lowest BCUT2D eigenvalue weighted by molar-refractivity contribution is -0.121. The summed E-state index contributed by atoms with van der Waals surface area (Å²) in [5, 5.41) is 2.80. The smallest absolute Gasteiger partial charge is 0.223 e. The van der Waals surface area contributed by atoms with Gasteiger partial charge in [0, 0.05) is 32.2 Å². The van der Waals surface area contributed by atoms with Gasteiger partial charge in [-0.15, -0.1) is 0 Å². The third-order valence-electron chi connectivity index (χ3n) is 3.81. The monoisotopic (exact) mass is 357 g/mol. The second kappa shape index (κ2) is 9.41. The second-order valence-electron chi connectivity index (χ2n) is 5.56. The van der Waals surface area contributed by atoms with Crippen LogP contribution >= 0.6 is 0 Å². The van der Waals surface area contributed by atoms with Crippen molar-refractivity contribution in [2.75, 3.05) is 25.7 Å². The minimum absolute atomic E-state index is 0.160. The molecule has 0 bridgehead atoms. The van der Waals surface area contributed by atoms with Crippen LogP contribution in [0.5, 0.6) is 11.5 Å². The first-order valence-corrected chi connectivity index (χ1v) is 8.22. The molecule has 0 unspecified atom stereocenters. The molecule has 1 heterocycles. The van der Waals surface area contributed by atoms with Gasteiger partial charge in [0.15, 0.2) is 0 Å². The molecule has 0 saturated carbocycles. The molecule has 0 saturated heterocycles. The van der Waals surface area contributed by atoms with E-state index in [0.717, 1.165) is 5.69 Å². The maximum absolute atomic E-state index is 12.1. The van der Waals surface area contributed by atoms with Crippen LogP contribution < -0.4 is 19.7 Å². The van der Waals surface area contributed by atoms with Crippen molar-refractivity contribution < 1.29 is 19.1 Å². The van der Waals surface area contributed by atoms with E-state index < -0.39 is 0 Å². The van der Waals surface area contributed by atoms with Gasteiger partial charge < -0.3 is 19.7 Å². The van der Waals surface area contributed by atoms with Gasteiger partial charge in [-0.25, -0.2) is 0 Å². The molecule has 138 valence electrons. The normalized spacial score (nSPS) is 10.1. The van der Waals surface area contributed by atoms with Gasteiger partial charge in [-0.1, -0.05) is 6.07 Å². The van der Waals surface area contributed by atoms with Crippen molar-refractivity contribution >= 4 is 17.5 Å². The van der Waals surface area contributed by atoms with Crippen LogP contribution in [0.2, 0.25) is 0 Å². The van der Waals surface area contributed by atoms with E-state index in [0.29, 0.717) is 23.7 Å². The van der Waals surface area contributed by atoms with Gasteiger partial charge in [-0.05, 0) is 24.3 Å². The molecular formula is C19H23N3O4. The average Bonchev–Trinajstić information content (AvgIpc) is 2.67. The molecule has 26 heavy (non-hydrogen) atoms. The first kappa shape index (κ1) is 19.2. The Morgan fingerprint density at radius 2 is 1.96 bits per heavy atom. The van der Waals surface area contributed by atoms with Gasteiger partial charge in [0.25, 0.3) is 0 Å². The van der Waals surface area contributed by atoms with Crippen molar-refractivity contribution in [3.63, 3.8) is 0 Å². The van der Waals surface area contributed by atoms with Gasteiger partial charge in [-0.3, -0.25) is 14.6 Å². The SMILES string of the molecule is COc1ccc(OC)c(N(CCC(=O)NCc2ccccn2)C(C)=O)c1. The molecule has 1 aromatic carbocycles. The third-order valence-corrected chi connectivity index (χ3v) is 3.81. The molecule has 2 aromatic rings. The van der Waals surface area contributed by atoms with E-state index in [4.69, 9.17) is 9.47 Å². The molecule has 2 amide bonds. The molecule has 0 aliphatic rings. The fourth-order valence-corrected chi connectivity index (χ4v) is 2.45. The van der Waals surface area contributed by atoms with Crippen molar-refractivity contribution in [3.8, 4) is 11.5 Å². The Labute approximate surface area is 152 Å². The zero-order chi connectivity index (χ0) is 18.9. The first-order valence-electron chi connectivity index (χ1n) is 8.22. The van der Waals surface area contributed by atoms with Crippen molar-refractivity contribution in [1.82, 2.24) is 10.3 Å². The maximum Gasteiger partial charge on any atom is 0.223 e. The fraction of sp³-hybridized carbons (Fsp3) is 0.316. The summed E-state index contributed by atoms with van der Waals surface area (Å²) in [6.45, 7) is 2.03. The summed E-state index contributed by atoms with van der Waals surface area (Å²) in [5.74, 6) is 0.791. The number of benzene rings is 1.